The predicted octanol–water partition coefficient (Wildman–Crippen LogP) is 3.61. The minimum Gasteiger partial charge on any atom is -0.484 e. The summed E-state index contributed by atoms with van der Waals surface area (Å²) in [6.07, 6.45) is 7.81. The molecule has 0 unspecified atom stereocenters. The first-order valence-electron chi connectivity index (χ1n) is 11.3. The number of ether oxygens (including phenoxy) is 2. The SMILES string of the molecule is CCNC(=O)COc1cccc(CN=C(NCC)NCCCOC2CCCCC2)c1.I. The molecule has 0 radical (unpaired) electrons. The molecule has 0 aromatic heterocycles. The number of likely N-dealkylation sites (N-methyl/N-ethyl adjacent to an activating group) is 1. The largest absolute Gasteiger partial charge is 0.484 e. The molecule has 2 rings (SSSR count). The predicted molar refractivity (Wildman–Crippen MR) is 136 cm³/mol. The number of benzene rings is 1. The highest BCUT2D eigenvalue weighted by Gasteiger charge is 2.13. The summed E-state index contributed by atoms with van der Waals surface area (Å²) in [5.74, 6) is 1.35. The molecule has 1 aromatic rings. The Morgan fingerprint density at radius 2 is 1.87 bits per heavy atom. The van der Waals surface area contributed by atoms with Gasteiger partial charge < -0.3 is 25.4 Å². The molecular formula is C23H39IN4O3. The van der Waals surface area contributed by atoms with E-state index in [1.165, 1.54) is 32.1 Å². The molecule has 0 bridgehead atoms. The van der Waals surface area contributed by atoms with Crippen LogP contribution in [-0.4, -0.2) is 50.8 Å². The standard InChI is InChI=1S/C23H38N4O3.HI/c1-3-24-22(28)18-30-21-13-8-10-19(16-21)17-27-23(25-4-2)26-14-9-15-29-20-11-6-5-7-12-20;/h8,10,13,16,20H,3-7,9,11-12,14-15,17-18H2,1-2H3,(H,24,28)(H2,25,26,27);1H. The molecule has 0 aliphatic heterocycles. The third kappa shape index (κ3) is 12.2. The zero-order valence-corrected chi connectivity index (χ0v) is 21.3. The van der Waals surface area contributed by atoms with E-state index in [-0.39, 0.29) is 36.5 Å². The first-order valence-corrected chi connectivity index (χ1v) is 11.3. The zero-order valence-electron chi connectivity index (χ0n) is 19.0. The van der Waals surface area contributed by atoms with Crippen LogP contribution < -0.4 is 20.7 Å². The number of carbonyl (C=O) groups excluding carboxylic acids is 1. The van der Waals surface area contributed by atoms with Crippen molar-refractivity contribution in [3.05, 3.63) is 29.8 Å². The first kappa shape index (κ1) is 27.5. The lowest BCUT2D eigenvalue weighted by atomic mass is 9.98. The van der Waals surface area contributed by atoms with Crippen LogP contribution in [0.5, 0.6) is 5.75 Å². The molecule has 1 fully saturated rings. The molecule has 3 N–H and O–H groups in total. The van der Waals surface area contributed by atoms with Crippen LogP contribution in [0.25, 0.3) is 0 Å². The Balaban J connectivity index is 0.00000480. The summed E-state index contributed by atoms with van der Waals surface area (Å²) in [4.78, 5) is 16.2. The minimum atomic E-state index is -0.118. The number of hydrogen-bond acceptors (Lipinski definition) is 4. The molecule has 1 aliphatic rings. The van der Waals surface area contributed by atoms with E-state index in [1.54, 1.807) is 0 Å². The fraction of sp³-hybridized carbons (Fsp3) is 0.652. The second-order valence-electron chi connectivity index (χ2n) is 7.50. The second-order valence-corrected chi connectivity index (χ2v) is 7.50. The molecule has 0 saturated heterocycles. The van der Waals surface area contributed by atoms with Crippen molar-refractivity contribution in [1.82, 2.24) is 16.0 Å². The summed E-state index contributed by atoms with van der Waals surface area (Å²) in [5.41, 5.74) is 1.03. The van der Waals surface area contributed by atoms with Crippen LogP contribution >= 0.6 is 24.0 Å². The summed E-state index contributed by atoms with van der Waals surface area (Å²) >= 11 is 0. The van der Waals surface area contributed by atoms with Gasteiger partial charge in [0.1, 0.15) is 5.75 Å². The van der Waals surface area contributed by atoms with E-state index in [0.717, 1.165) is 37.6 Å². The first-order chi connectivity index (χ1) is 14.7. The van der Waals surface area contributed by atoms with Gasteiger partial charge in [-0.25, -0.2) is 4.99 Å². The Bertz CT molecular complexity index is 651. The highest BCUT2D eigenvalue weighted by Crippen LogP contribution is 2.20. The van der Waals surface area contributed by atoms with E-state index >= 15 is 0 Å². The van der Waals surface area contributed by atoms with E-state index in [4.69, 9.17) is 9.47 Å². The van der Waals surface area contributed by atoms with Gasteiger partial charge in [-0.2, -0.15) is 0 Å². The topological polar surface area (TPSA) is 84.0 Å². The van der Waals surface area contributed by atoms with Crippen LogP contribution in [0.15, 0.2) is 29.3 Å². The van der Waals surface area contributed by atoms with Gasteiger partial charge in [0.15, 0.2) is 12.6 Å². The fourth-order valence-electron chi connectivity index (χ4n) is 3.40. The van der Waals surface area contributed by atoms with Gasteiger partial charge in [-0.15, -0.1) is 24.0 Å². The van der Waals surface area contributed by atoms with Crippen LogP contribution in [0.4, 0.5) is 0 Å². The monoisotopic (exact) mass is 546 g/mol. The summed E-state index contributed by atoms with van der Waals surface area (Å²) in [6.45, 7) is 7.52. The van der Waals surface area contributed by atoms with Crippen LogP contribution in [0, 0.1) is 0 Å². The van der Waals surface area contributed by atoms with Crippen molar-refractivity contribution in [2.75, 3.05) is 32.8 Å². The van der Waals surface area contributed by atoms with E-state index in [0.29, 0.717) is 24.9 Å². The number of hydrogen-bond donors (Lipinski definition) is 3. The van der Waals surface area contributed by atoms with Crippen LogP contribution in [0.3, 0.4) is 0 Å². The summed E-state index contributed by atoms with van der Waals surface area (Å²) < 4.78 is 11.5. The Morgan fingerprint density at radius 3 is 2.61 bits per heavy atom. The molecule has 8 heteroatoms. The van der Waals surface area contributed by atoms with Gasteiger partial charge in [0, 0.05) is 26.2 Å². The van der Waals surface area contributed by atoms with Gasteiger partial charge >= 0.3 is 0 Å². The summed E-state index contributed by atoms with van der Waals surface area (Å²) in [7, 11) is 0. The van der Waals surface area contributed by atoms with E-state index in [1.807, 2.05) is 31.2 Å². The van der Waals surface area contributed by atoms with Gasteiger partial charge in [0.25, 0.3) is 5.91 Å². The van der Waals surface area contributed by atoms with Crippen molar-refractivity contribution >= 4 is 35.8 Å². The Labute approximate surface area is 204 Å². The average molecular weight is 546 g/mol. The van der Waals surface area contributed by atoms with Crippen molar-refractivity contribution in [2.24, 2.45) is 4.99 Å². The number of nitrogens with one attached hydrogen (secondary N) is 3. The van der Waals surface area contributed by atoms with E-state index in [2.05, 4.69) is 27.9 Å². The van der Waals surface area contributed by atoms with Gasteiger partial charge in [-0.1, -0.05) is 31.4 Å². The number of amides is 1. The van der Waals surface area contributed by atoms with Crippen molar-refractivity contribution in [2.45, 2.75) is 65.0 Å². The molecule has 31 heavy (non-hydrogen) atoms. The van der Waals surface area contributed by atoms with Gasteiger partial charge in [-0.3, -0.25) is 4.79 Å². The molecule has 0 spiro atoms. The third-order valence-corrected chi connectivity index (χ3v) is 4.93. The maximum absolute atomic E-state index is 11.5. The van der Waals surface area contributed by atoms with Crippen molar-refractivity contribution in [1.29, 1.82) is 0 Å². The highest BCUT2D eigenvalue weighted by atomic mass is 127. The number of aliphatic imine (C=N–C) groups is 1. The molecule has 7 nitrogen and oxygen atoms in total. The molecular weight excluding hydrogens is 507 g/mol. The maximum Gasteiger partial charge on any atom is 0.257 e. The Kier molecular flexibility index (Phi) is 15.1. The van der Waals surface area contributed by atoms with Crippen LogP contribution in [0.1, 0.15) is 57.9 Å². The summed E-state index contributed by atoms with van der Waals surface area (Å²) in [5, 5.41) is 9.37. The number of rotatable bonds is 12. The van der Waals surface area contributed by atoms with Crippen molar-refractivity contribution < 1.29 is 14.3 Å². The van der Waals surface area contributed by atoms with Crippen LogP contribution in [0.2, 0.25) is 0 Å². The summed E-state index contributed by atoms with van der Waals surface area (Å²) in [6, 6.07) is 7.69. The molecule has 176 valence electrons. The molecule has 0 atom stereocenters. The smallest absolute Gasteiger partial charge is 0.257 e. The highest BCUT2D eigenvalue weighted by molar-refractivity contribution is 14.0. The Hall–Kier alpha value is -1.55. The number of guanidine groups is 1. The maximum atomic E-state index is 11.5. The second kappa shape index (κ2) is 17.1. The average Bonchev–Trinajstić information content (AvgIpc) is 2.77. The molecule has 1 aliphatic carbocycles. The molecule has 1 aromatic carbocycles. The fourth-order valence-corrected chi connectivity index (χ4v) is 3.40. The van der Waals surface area contributed by atoms with Crippen LogP contribution in [-0.2, 0) is 16.1 Å². The zero-order chi connectivity index (χ0) is 21.4. The normalized spacial score (nSPS) is 14.5. The van der Waals surface area contributed by atoms with E-state index in [9.17, 15) is 4.79 Å². The lowest BCUT2D eigenvalue weighted by molar-refractivity contribution is -0.122. The number of halogens is 1. The Morgan fingerprint density at radius 1 is 1.10 bits per heavy atom. The third-order valence-electron chi connectivity index (χ3n) is 4.93. The van der Waals surface area contributed by atoms with Gasteiger partial charge in [-0.05, 0) is 50.8 Å². The molecule has 0 heterocycles. The molecule has 1 saturated carbocycles. The van der Waals surface area contributed by atoms with E-state index < -0.39 is 0 Å². The molecule has 1 amide bonds. The lowest BCUT2D eigenvalue weighted by Crippen LogP contribution is -2.38. The van der Waals surface area contributed by atoms with Gasteiger partial charge in [0.05, 0.1) is 12.6 Å². The quantitative estimate of drug-likeness (QED) is 0.162. The lowest BCUT2D eigenvalue weighted by Gasteiger charge is -2.22. The van der Waals surface area contributed by atoms with Crippen molar-refractivity contribution in [3.8, 4) is 5.75 Å². The minimum absolute atomic E-state index is 0. The number of nitrogens with zero attached hydrogens (tertiary/aromatic N) is 1. The van der Waals surface area contributed by atoms with Crippen molar-refractivity contribution in [3.63, 3.8) is 0 Å². The number of carbonyl (C=O) groups is 1. The van der Waals surface area contributed by atoms with Gasteiger partial charge in [0.2, 0.25) is 0 Å².